The summed E-state index contributed by atoms with van der Waals surface area (Å²) in [7, 11) is 0. The third-order valence-corrected chi connectivity index (χ3v) is 7.58. The van der Waals surface area contributed by atoms with Gasteiger partial charge in [-0.15, -0.1) is 0 Å². The predicted octanol–water partition coefficient (Wildman–Crippen LogP) is 3.10. The molecule has 7 heteroatoms. The van der Waals surface area contributed by atoms with Crippen LogP contribution in [-0.2, 0) is 9.59 Å². The van der Waals surface area contributed by atoms with Gasteiger partial charge in [0.1, 0.15) is 5.82 Å². The molecule has 2 bridgehead atoms. The molecule has 6 nitrogen and oxygen atoms in total. The first-order chi connectivity index (χ1) is 16.0. The number of imide groups is 1. The first kappa shape index (κ1) is 20.1. The Bertz CT molecular complexity index is 1140. The second-order valence-electron chi connectivity index (χ2n) is 9.32. The largest absolute Gasteiger partial charge is 0.368 e. The number of allylic oxidation sites excluding steroid dienone is 2. The Hall–Kier alpha value is -3.48. The molecule has 2 aliphatic carbocycles. The van der Waals surface area contributed by atoms with E-state index in [1.165, 1.54) is 17.0 Å². The van der Waals surface area contributed by atoms with Crippen LogP contribution in [0.25, 0.3) is 0 Å². The van der Waals surface area contributed by atoms with Gasteiger partial charge in [0.2, 0.25) is 11.8 Å². The van der Waals surface area contributed by atoms with Gasteiger partial charge in [-0.25, -0.2) is 9.29 Å². The number of halogens is 1. The summed E-state index contributed by atoms with van der Waals surface area (Å²) in [6.45, 7) is 2.39. The Morgan fingerprint density at radius 2 is 1.45 bits per heavy atom. The molecular formula is C26H24FN3O3. The lowest BCUT2D eigenvalue weighted by molar-refractivity contribution is -0.123. The molecule has 0 aromatic heterocycles. The van der Waals surface area contributed by atoms with Crippen molar-refractivity contribution in [2.24, 2.45) is 23.7 Å². The van der Waals surface area contributed by atoms with E-state index in [0.717, 1.165) is 12.1 Å². The smallest absolute Gasteiger partial charge is 0.254 e. The van der Waals surface area contributed by atoms with Crippen molar-refractivity contribution in [3.63, 3.8) is 0 Å². The molecule has 4 aliphatic rings. The minimum atomic E-state index is -0.269. The lowest BCUT2D eigenvalue weighted by Crippen LogP contribution is -2.48. The van der Waals surface area contributed by atoms with Gasteiger partial charge in [-0.3, -0.25) is 14.4 Å². The van der Waals surface area contributed by atoms with E-state index in [1.54, 1.807) is 41.3 Å². The molecule has 1 saturated carbocycles. The van der Waals surface area contributed by atoms with Gasteiger partial charge < -0.3 is 9.80 Å². The fourth-order valence-corrected chi connectivity index (χ4v) is 5.94. The van der Waals surface area contributed by atoms with E-state index in [4.69, 9.17) is 0 Å². The van der Waals surface area contributed by atoms with Crippen LogP contribution in [0.3, 0.4) is 0 Å². The van der Waals surface area contributed by atoms with Crippen LogP contribution in [0.4, 0.5) is 15.8 Å². The Labute approximate surface area is 191 Å². The van der Waals surface area contributed by atoms with Crippen molar-refractivity contribution in [1.29, 1.82) is 0 Å². The van der Waals surface area contributed by atoms with Crippen LogP contribution < -0.4 is 9.80 Å². The fraction of sp³-hybridized carbons (Fsp3) is 0.346. The molecule has 33 heavy (non-hydrogen) atoms. The fourth-order valence-electron chi connectivity index (χ4n) is 5.94. The van der Waals surface area contributed by atoms with Crippen molar-refractivity contribution in [3.05, 3.63) is 72.1 Å². The predicted molar refractivity (Wildman–Crippen MR) is 121 cm³/mol. The molecule has 168 valence electrons. The monoisotopic (exact) mass is 445 g/mol. The molecule has 2 aromatic rings. The summed E-state index contributed by atoms with van der Waals surface area (Å²) in [4.78, 5) is 44.6. The van der Waals surface area contributed by atoms with Crippen LogP contribution in [0.2, 0.25) is 0 Å². The molecule has 2 aromatic carbocycles. The van der Waals surface area contributed by atoms with Crippen molar-refractivity contribution >= 4 is 29.1 Å². The van der Waals surface area contributed by atoms with Crippen LogP contribution in [-0.4, -0.2) is 48.8 Å². The Balaban J connectivity index is 1.17. The Kier molecular flexibility index (Phi) is 4.60. The van der Waals surface area contributed by atoms with Crippen LogP contribution in [0.15, 0.2) is 60.7 Å². The van der Waals surface area contributed by atoms with Crippen molar-refractivity contribution in [2.45, 2.75) is 6.42 Å². The highest BCUT2D eigenvalue weighted by molar-refractivity contribution is 6.23. The van der Waals surface area contributed by atoms with E-state index in [2.05, 4.69) is 17.1 Å². The number of nitrogens with zero attached hydrogens (tertiary/aromatic N) is 3. The lowest BCUT2D eigenvalue weighted by atomic mass is 9.85. The van der Waals surface area contributed by atoms with E-state index in [-0.39, 0.29) is 47.2 Å². The normalized spacial score (nSPS) is 28.1. The molecule has 0 N–H and O–H groups in total. The highest BCUT2D eigenvalue weighted by Gasteiger charge is 2.59. The topological polar surface area (TPSA) is 60.9 Å². The average Bonchev–Trinajstić information content (AvgIpc) is 3.53. The van der Waals surface area contributed by atoms with Crippen molar-refractivity contribution in [1.82, 2.24) is 4.90 Å². The summed E-state index contributed by atoms with van der Waals surface area (Å²) in [5.74, 6) is -0.865. The number of piperazine rings is 1. The summed E-state index contributed by atoms with van der Waals surface area (Å²) in [6, 6.07) is 13.2. The van der Waals surface area contributed by atoms with Crippen molar-refractivity contribution in [2.75, 3.05) is 36.0 Å². The molecule has 2 heterocycles. The second kappa shape index (κ2) is 7.54. The van der Waals surface area contributed by atoms with E-state index in [9.17, 15) is 18.8 Å². The SMILES string of the molecule is O=C(c1cccc(N2C(=O)[C@@H]3[C@@H](C2=O)[C@H]2C=C[C@H]3C2)c1)N1CCN(c2ccc(F)cc2)CC1. The second-order valence-corrected chi connectivity index (χ2v) is 9.32. The number of fused-ring (bicyclic) bond motifs is 5. The molecule has 0 unspecified atom stereocenters. The van der Waals surface area contributed by atoms with Crippen molar-refractivity contribution < 1.29 is 18.8 Å². The zero-order valence-corrected chi connectivity index (χ0v) is 18.1. The van der Waals surface area contributed by atoms with E-state index >= 15 is 0 Å². The van der Waals surface area contributed by atoms with Gasteiger partial charge in [0.25, 0.3) is 5.91 Å². The first-order valence-electron chi connectivity index (χ1n) is 11.5. The highest BCUT2D eigenvalue weighted by atomic mass is 19.1. The molecule has 6 rings (SSSR count). The minimum Gasteiger partial charge on any atom is -0.368 e. The zero-order valence-electron chi connectivity index (χ0n) is 18.1. The number of hydrogen-bond donors (Lipinski definition) is 0. The Morgan fingerprint density at radius 3 is 2.09 bits per heavy atom. The highest BCUT2D eigenvalue weighted by Crippen LogP contribution is 2.53. The number of hydrogen-bond acceptors (Lipinski definition) is 4. The summed E-state index contributed by atoms with van der Waals surface area (Å²) in [5, 5.41) is 0. The van der Waals surface area contributed by atoms with Gasteiger partial charge in [-0.1, -0.05) is 18.2 Å². The molecule has 0 spiro atoms. The summed E-state index contributed by atoms with van der Waals surface area (Å²) in [6.07, 6.45) is 5.04. The maximum Gasteiger partial charge on any atom is 0.254 e. The number of carbonyl (C=O) groups is 3. The van der Waals surface area contributed by atoms with Gasteiger partial charge in [-0.2, -0.15) is 0 Å². The molecule has 4 atom stereocenters. The molecule has 3 amide bonds. The van der Waals surface area contributed by atoms with Crippen LogP contribution in [0.1, 0.15) is 16.8 Å². The van der Waals surface area contributed by atoms with Crippen molar-refractivity contribution in [3.8, 4) is 0 Å². The van der Waals surface area contributed by atoms with Gasteiger partial charge in [0, 0.05) is 37.4 Å². The van der Waals surface area contributed by atoms with E-state index < -0.39 is 0 Å². The molecule has 0 radical (unpaired) electrons. The third-order valence-electron chi connectivity index (χ3n) is 7.58. The van der Waals surface area contributed by atoms with Gasteiger partial charge in [0.05, 0.1) is 17.5 Å². The van der Waals surface area contributed by atoms with Gasteiger partial charge in [-0.05, 0) is 60.7 Å². The molecule has 3 fully saturated rings. The molecule has 2 aliphatic heterocycles. The standard InChI is InChI=1S/C26H24FN3O3/c27-19-6-8-20(9-7-19)28-10-12-29(13-11-28)24(31)18-2-1-3-21(15-18)30-25(32)22-16-4-5-17(14-16)23(22)26(30)33/h1-9,15-17,22-23H,10-14H2/t16-,17-,22-,23-/m0/s1. The van der Waals surface area contributed by atoms with Gasteiger partial charge in [0.15, 0.2) is 0 Å². The van der Waals surface area contributed by atoms with Gasteiger partial charge >= 0.3 is 0 Å². The molecule has 2 saturated heterocycles. The quantitative estimate of drug-likeness (QED) is 0.538. The number of anilines is 2. The average molecular weight is 445 g/mol. The van der Waals surface area contributed by atoms with E-state index in [0.29, 0.717) is 37.4 Å². The number of carbonyl (C=O) groups excluding carboxylic acids is 3. The first-order valence-corrected chi connectivity index (χ1v) is 11.5. The number of rotatable bonds is 3. The summed E-state index contributed by atoms with van der Waals surface area (Å²) in [5.41, 5.74) is 1.89. The maximum absolute atomic E-state index is 13.2. The third kappa shape index (κ3) is 3.17. The Morgan fingerprint density at radius 1 is 0.818 bits per heavy atom. The van der Waals surface area contributed by atoms with Crippen LogP contribution >= 0.6 is 0 Å². The zero-order chi connectivity index (χ0) is 22.7. The number of benzene rings is 2. The minimum absolute atomic E-state index is 0.114. The van der Waals surface area contributed by atoms with E-state index in [1.807, 2.05) is 0 Å². The lowest BCUT2D eigenvalue weighted by Gasteiger charge is -2.36. The van der Waals surface area contributed by atoms with Crippen LogP contribution in [0.5, 0.6) is 0 Å². The summed E-state index contributed by atoms with van der Waals surface area (Å²) < 4.78 is 13.2. The summed E-state index contributed by atoms with van der Waals surface area (Å²) >= 11 is 0. The maximum atomic E-state index is 13.2. The van der Waals surface area contributed by atoms with Crippen LogP contribution in [0, 0.1) is 29.5 Å². The number of amides is 3. The molecular weight excluding hydrogens is 421 g/mol.